The number of allylic oxidation sites excluding steroid dienone is 1. The molecular formula is C63H47N6O3P. The minimum Gasteiger partial charge on any atom is -0.461 e. The number of rotatable bonds is 12. The summed E-state index contributed by atoms with van der Waals surface area (Å²) in [5.41, 5.74) is 12.0. The number of carbonyl (C=O) groups is 2. The number of fused-ring (bicyclic) bond motifs is 8. The van der Waals surface area contributed by atoms with E-state index in [9.17, 15) is 9.59 Å². The summed E-state index contributed by atoms with van der Waals surface area (Å²) in [6, 6.07) is 68.5. The quantitative estimate of drug-likeness (QED) is 0.0315. The highest BCUT2D eigenvalue weighted by Crippen LogP contribution is 2.47. The molecule has 10 heteroatoms. The van der Waals surface area contributed by atoms with Crippen molar-refractivity contribution in [2.24, 2.45) is 9.96 Å². The van der Waals surface area contributed by atoms with Crippen LogP contribution in [0.4, 0.5) is 0 Å². The molecule has 0 unspecified atom stereocenters. The molecule has 352 valence electrons. The zero-order chi connectivity index (χ0) is 49.6. The van der Waals surface area contributed by atoms with Crippen molar-refractivity contribution in [3.63, 3.8) is 0 Å². The van der Waals surface area contributed by atoms with Crippen molar-refractivity contribution < 1.29 is 14.3 Å². The highest BCUT2D eigenvalue weighted by atomic mass is 31.2. The van der Waals surface area contributed by atoms with Crippen LogP contribution in [0.5, 0.6) is 0 Å². The molecule has 0 amide bonds. The summed E-state index contributed by atoms with van der Waals surface area (Å²) in [4.78, 5) is 52.1. The Balaban J connectivity index is 1.16. The van der Waals surface area contributed by atoms with Crippen molar-refractivity contribution in [2.45, 2.75) is 6.92 Å². The third kappa shape index (κ3) is 9.17. The smallest absolute Gasteiger partial charge is 0.362 e. The fourth-order valence-electron chi connectivity index (χ4n) is 9.40. The predicted molar refractivity (Wildman–Crippen MR) is 301 cm³/mol. The lowest BCUT2D eigenvalue weighted by molar-refractivity contribution is -0.135. The third-order valence-corrected chi connectivity index (χ3v) is 16.2. The van der Waals surface area contributed by atoms with Crippen LogP contribution in [-0.2, 0) is 14.3 Å². The molecule has 0 spiro atoms. The Labute approximate surface area is 422 Å². The molecule has 5 heterocycles. The minimum atomic E-state index is -2.94. The van der Waals surface area contributed by atoms with E-state index in [0.717, 1.165) is 77.2 Å². The van der Waals surface area contributed by atoms with Crippen molar-refractivity contribution >= 4 is 92.9 Å². The Morgan fingerprint density at radius 3 is 1.25 bits per heavy atom. The highest BCUT2D eigenvalue weighted by molar-refractivity contribution is 7.87. The fourth-order valence-corrected chi connectivity index (χ4v) is 12.6. The van der Waals surface area contributed by atoms with Crippen LogP contribution in [0, 0.1) is 0 Å². The SMILES string of the molecule is CCOC(=O)/C(=N\N=P(c1ccccc1)(c1ccccc1)c1ccccc1)C(=O)/C=C/c1c2nc(c(-c3ccccc3)c3ccc([nH]3)c(-c3ccccc3)c3nc(c(-c4ccccc4)c4ccc1[nH]4)C=C3)C=C2. The molecule has 73 heavy (non-hydrogen) atoms. The molecule has 3 aromatic heterocycles. The van der Waals surface area contributed by atoms with E-state index >= 15 is 0 Å². The normalized spacial score (nSPS) is 12.3. The van der Waals surface area contributed by atoms with Gasteiger partial charge in [0.25, 0.3) is 0 Å². The number of hydrogen-bond acceptors (Lipinski definition) is 6. The summed E-state index contributed by atoms with van der Waals surface area (Å²) in [7, 11) is -2.94. The van der Waals surface area contributed by atoms with E-state index in [-0.39, 0.29) is 6.61 Å². The molecule has 0 saturated heterocycles. The van der Waals surface area contributed by atoms with Crippen LogP contribution in [0.3, 0.4) is 0 Å². The Kier molecular flexibility index (Phi) is 13.0. The summed E-state index contributed by atoms with van der Waals surface area (Å²) < 4.78 is 5.53. The van der Waals surface area contributed by atoms with Crippen LogP contribution in [0.2, 0.25) is 0 Å². The second-order valence-corrected chi connectivity index (χ2v) is 20.2. The maximum Gasteiger partial charge on any atom is 0.362 e. The number of carbonyl (C=O) groups excluding carboxylic acids is 2. The van der Waals surface area contributed by atoms with Crippen LogP contribution >= 0.6 is 7.05 Å². The van der Waals surface area contributed by atoms with Gasteiger partial charge in [-0.3, -0.25) is 4.79 Å². The van der Waals surface area contributed by atoms with Crippen molar-refractivity contribution in [2.75, 3.05) is 6.61 Å². The van der Waals surface area contributed by atoms with E-state index in [1.807, 2.05) is 170 Å². The van der Waals surface area contributed by atoms with Crippen molar-refractivity contribution in [3.05, 3.63) is 241 Å². The van der Waals surface area contributed by atoms with Crippen LogP contribution < -0.4 is 15.9 Å². The van der Waals surface area contributed by atoms with Gasteiger partial charge in [-0.25, -0.2) is 14.8 Å². The van der Waals surface area contributed by atoms with Gasteiger partial charge in [-0.2, -0.15) is 4.85 Å². The van der Waals surface area contributed by atoms with Gasteiger partial charge < -0.3 is 14.7 Å². The highest BCUT2D eigenvalue weighted by Gasteiger charge is 2.29. The number of ketones is 1. The zero-order valence-electron chi connectivity index (χ0n) is 39.8. The van der Waals surface area contributed by atoms with Crippen LogP contribution in [0.1, 0.15) is 35.3 Å². The maximum absolute atomic E-state index is 14.8. The molecule has 8 bridgehead atoms. The van der Waals surface area contributed by atoms with Crippen molar-refractivity contribution in [1.82, 2.24) is 19.9 Å². The lowest BCUT2D eigenvalue weighted by atomic mass is 10.0. The molecule has 0 aliphatic carbocycles. The minimum absolute atomic E-state index is 0.0299. The second kappa shape index (κ2) is 20.6. The molecule has 6 aromatic carbocycles. The molecule has 9 nitrogen and oxygen atoms in total. The summed E-state index contributed by atoms with van der Waals surface area (Å²) in [5.74, 6) is -1.56. The Morgan fingerprint density at radius 1 is 0.479 bits per heavy atom. The van der Waals surface area contributed by atoms with Crippen molar-refractivity contribution in [1.29, 1.82) is 0 Å². The van der Waals surface area contributed by atoms with E-state index in [1.54, 1.807) is 13.0 Å². The predicted octanol–water partition coefficient (Wildman–Crippen LogP) is 13.3. The first kappa shape index (κ1) is 46.1. The Hall–Kier alpha value is -9.30. The van der Waals surface area contributed by atoms with Gasteiger partial charge in [0.1, 0.15) is 0 Å². The Bertz CT molecular complexity index is 3740. The summed E-state index contributed by atoms with van der Waals surface area (Å²) in [6.07, 6.45) is 11.1. The van der Waals surface area contributed by atoms with Gasteiger partial charge in [0.05, 0.1) is 36.4 Å². The summed E-state index contributed by atoms with van der Waals surface area (Å²) in [6.45, 7) is 1.72. The van der Waals surface area contributed by atoms with Gasteiger partial charge in [0.15, 0.2) is 0 Å². The van der Waals surface area contributed by atoms with Gasteiger partial charge in [-0.15, -0.1) is 5.10 Å². The number of aromatic nitrogens is 4. The molecule has 11 rings (SSSR count). The summed E-state index contributed by atoms with van der Waals surface area (Å²) in [5, 5.41) is 7.36. The molecule has 0 atom stereocenters. The van der Waals surface area contributed by atoms with E-state index in [1.165, 1.54) is 6.08 Å². The molecule has 0 saturated carbocycles. The fraction of sp³-hybridized carbons (Fsp3) is 0.0317. The molecular weight excluding hydrogens is 920 g/mol. The Morgan fingerprint density at radius 2 is 0.836 bits per heavy atom. The van der Waals surface area contributed by atoms with E-state index in [2.05, 4.69) is 75.8 Å². The van der Waals surface area contributed by atoms with Gasteiger partial charge >= 0.3 is 5.97 Å². The third-order valence-electron chi connectivity index (χ3n) is 12.8. The van der Waals surface area contributed by atoms with Gasteiger partial charge in [-0.1, -0.05) is 182 Å². The number of hydrogen-bond donors (Lipinski definition) is 2. The number of benzene rings is 6. The number of nitrogens with zero attached hydrogens (tertiary/aromatic N) is 4. The molecule has 9 aromatic rings. The largest absolute Gasteiger partial charge is 0.461 e. The van der Waals surface area contributed by atoms with E-state index < -0.39 is 24.5 Å². The molecule has 2 N–H and O–H groups in total. The van der Waals surface area contributed by atoms with Crippen LogP contribution in [0.25, 0.3) is 85.8 Å². The van der Waals surface area contributed by atoms with Gasteiger partial charge in [0.2, 0.25) is 11.5 Å². The van der Waals surface area contributed by atoms with Crippen molar-refractivity contribution in [3.8, 4) is 33.4 Å². The standard InChI is InChI=1S/C63H47N6O3P/c1-2-72-63(71)62(68-69-73(46-27-15-6-16-28-46,47-29-17-7-18-30-47)48-31-19-8-20-32-48)58(70)42-33-49-50-34-36-52(64-50)59(43-21-9-3-10-22-43)54-38-40-56(66-54)61(45-25-13-5-14-26-45)57-41-39-55(67-57)60(44-23-11-4-12-24-44)53-37-35-51(49)65-53/h3-42,64,67H,2H2,1H3/b42-33+,50-49?,51-49?,59-52?,59-54?,60-53?,60-55?,61-56?,61-57?,68-62-. The first-order valence-electron chi connectivity index (χ1n) is 24.1. The first-order valence-corrected chi connectivity index (χ1v) is 25.8. The number of nitrogens with one attached hydrogen (secondary N) is 2. The molecule has 0 fully saturated rings. The number of ether oxygens (including phenoxy) is 1. The van der Waals surface area contributed by atoms with Gasteiger partial charge in [0, 0.05) is 60.2 Å². The summed E-state index contributed by atoms with van der Waals surface area (Å²) >= 11 is 0. The lowest BCUT2D eigenvalue weighted by Gasteiger charge is -2.25. The van der Waals surface area contributed by atoms with Crippen LogP contribution in [-0.4, -0.2) is 44.0 Å². The molecule has 2 aliphatic rings. The monoisotopic (exact) mass is 966 g/mol. The van der Waals surface area contributed by atoms with E-state index in [4.69, 9.17) is 19.6 Å². The maximum atomic E-state index is 14.8. The molecule has 0 radical (unpaired) electrons. The molecule has 2 aliphatic heterocycles. The average Bonchev–Trinajstić information content (AvgIpc) is 4.31. The number of H-pyrrole nitrogens is 2. The lowest BCUT2D eigenvalue weighted by Crippen LogP contribution is -2.27. The zero-order valence-corrected chi connectivity index (χ0v) is 40.7. The second-order valence-electron chi connectivity index (χ2n) is 17.2. The van der Waals surface area contributed by atoms with E-state index in [0.29, 0.717) is 22.5 Å². The first-order chi connectivity index (χ1) is 36.0. The van der Waals surface area contributed by atoms with Gasteiger partial charge in [-0.05, 0) is 84.3 Å². The number of esters is 1. The average molecular weight is 967 g/mol. The number of aromatic amines is 2. The topological polar surface area (TPSA) is 125 Å². The van der Waals surface area contributed by atoms with Crippen LogP contribution in [0.15, 0.2) is 222 Å².